The minimum Gasteiger partial charge on any atom is -0.333 e. The highest BCUT2D eigenvalue weighted by molar-refractivity contribution is 6.35. The van der Waals surface area contributed by atoms with Gasteiger partial charge in [0.25, 0.3) is 5.91 Å². The molecule has 2 aromatic rings. The van der Waals surface area contributed by atoms with Crippen molar-refractivity contribution in [2.75, 3.05) is 19.6 Å². The van der Waals surface area contributed by atoms with Gasteiger partial charge < -0.3 is 10.2 Å². The van der Waals surface area contributed by atoms with Crippen LogP contribution in [0.5, 0.6) is 0 Å². The van der Waals surface area contributed by atoms with E-state index in [1.54, 1.807) is 35.3 Å². The van der Waals surface area contributed by atoms with Crippen molar-refractivity contribution in [3.05, 3.63) is 46.2 Å². The van der Waals surface area contributed by atoms with E-state index in [1.165, 1.54) is 0 Å². The van der Waals surface area contributed by atoms with Crippen molar-refractivity contribution in [3.8, 4) is 5.69 Å². The zero-order valence-electron chi connectivity index (χ0n) is 12.5. The lowest BCUT2D eigenvalue weighted by Gasteiger charge is -2.33. The second-order valence-electron chi connectivity index (χ2n) is 5.32. The minimum atomic E-state index is -0.00895. The van der Waals surface area contributed by atoms with Crippen LogP contribution >= 0.6 is 35.6 Å². The Hall–Kier alpha value is -1.27. The van der Waals surface area contributed by atoms with Gasteiger partial charge in [-0.2, -0.15) is 5.10 Å². The number of aromatic nitrogens is 2. The molecular formula is C15H17Cl3N4O. The highest BCUT2D eigenvalue weighted by Gasteiger charge is 2.25. The first-order valence-electron chi connectivity index (χ1n) is 7.08. The summed E-state index contributed by atoms with van der Waals surface area (Å²) in [6.07, 6.45) is 3.27. The van der Waals surface area contributed by atoms with Crippen LogP contribution in [0.15, 0.2) is 30.6 Å². The number of piperazine rings is 1. The van der Waals surface area contributed by atoms with Crippen LogP contribution in [-0.4, -0.2) is 46.3 Å². The molecule has 23 heavy (non-hydrogen) atoms. The molecule has 1 amide bonds. The Balaban J connectivity index is 0.00000192. The maximum absolute atomic E-state index is 12.6. The van der Waals surface area contributed by atoms with Gasteiger partial charge in [-0.05, 0) is 25.1 Å². The zero-order valence-corrected chi connectivity index (χ0v) is 14.8. The maximum Gasteiger partial charge on any atom is 0.257 e. The van der Waals surface area contributed by atoms with Crippen molar-refractivity contribution in [2.45, 2.75) is 13.0 Å². The third kappa shape index (κ3) is 3.80. The summed E-state index contributed by atoms with van der Waals surface area (Å²) >= 11 is 12.1. The molecule has 0 spiro atoms. The van der Waals surface area contributed by atoms with Crippen molar-refractivity contribution in [1.82, 2.24) is 20.0 Å². The van der Waals surface area contributed by atoms with Crippen molar-refractivity contribution in [3.63, 3.8) is 0 Å². The van der Waals surface area contributed by atoms with E-state index < -0.39 is 0 Å². The van der Waals surface area contributed by atoms with Gasteiger partial charge in [0, 0.05) is 36.9 Å². The summed E-state index contributed by atoms with van der Waals surface area (Å²) in [6, 6.07) is 5.34. The van der Waals surface area contributed by atoms with E-state index in [2.05, 4.69) is 10.4 Å². The van der Waals surface area contributed by atoms with Gasteiger partial charge in [0.1, 0.15) is 0 Å². The van der Waals surface area contributed by atoms with Gasteiger partial charge in [-0.1, -0.05) is 23.2 Å². The zero-order chi connectivity index (χ0) is 15.7. The third-order valence-corrected chi connectivity index (χ3v) is 4.29. The number of nitrogens with zero attached hydrogens (tertiary/aromatic N) is 3. The smallest absolute Gasteiger partial charge is 0.257 e. The number of carbonyl (C=O) groups is 1. The van der Waals surface area contributed by atoms with E-state index in [0.29, 0.717) is 27.8 Å². The Morgan fingerprint density at radius 1 is 1.39 bits per heavy atom. The van der Waals surface area contributed by atoms with E-state index in [1.807, 2.05) is 11.8 Å². The predicted octanol–water partition coefficient (Wildman–Crippen LogP) is 3.03. The largest absolute Gasteiger partial charge is 0.333 e. The van der Waals surface area contributed by atoms with E-state index >= 15 is 0 Å². The standard InChI is InChI=1S/C15H16Cl2N4O.ClH/c1-10-7-18-4-5-20(10)15(22)11-8-19-21(9-11)14-3-2-12(16)6-13(14)17;/h2-3,6,8-10,18H,4-5,7H2,1H3;1H. The van der Waals surface area contributed by atoms with Crippen molar-refractivity contribution in [2.24, 2.45) is 0 Å². The lowest BCUT2D eigenvalue weighted by atomic mass is 10.2. The van der Waals surface area contributed by atoms with Gasteiger partial charge in [0.15, 0.2) is 0 Å². The molecule has 1 atom stereocenters. The van der Waals surface area contributed by atoms with Gasteiger partial charge in [-0.3, -0.25) is 4.79 Å². The normalized spacial score (nSPS) is 17.7. The summed E-state index contributed by atoms with van der Waals surface area (Å²) in [5.41, 5.74) is 1.25. The molecule has 124 valence electrons. The fourth-order valence-electron chi connectivity index (χ4n) is 2.54. The number of amides is 1. The number of carbonyl (C=O) groups excluding carboxylic acids is 1. The van der Waals surface area contributed by atoms with Crippen LogP contribution in [0.2, 0.25) is 10.0 Å². The van der Waals surface area contributed by atoms with Crippen molar-refractivity contribution < 1.29 is 4.79 Å². The van der Waals surface area contributed by atoms with Crippen LogP contribution in [0.1, 0.15) is 17.3 Å². The second kappa shape index (κ2) is 7.53. The Bertz CT molecular complexity index is 704. The Morgan fingerprint density at radius 3 is 2.87 bits per heavy atom. The molecular weight excluding hydrogens is 359 g/mol. The van der Waals surface area contributed by atoms with Crippen LogP contribution in [0.4, 0.5) is 0 Å². The molecule has 1 saturated heterocycles. The summed E-state index contributed by atoms with van der Waals surface area (Å²) in [4.78, 5) is 14.4. The maximum atomic E-state index is 12.6. The van der Waals surface area contributed by atoms with E-state index in [0.717, 1.165) is 13.1 Å². The lowest BCUT2D eigenvalue weighted by Crippen LogP contribution is -2.52. The van der Waals surface area contributed by atoms with E-state index in [9.17, 15) is 4.79 Å². The predicted molar refractivity (Wildman–Crippen MR) is 94.2 cm³/mol. The molecule has 0 saturated carbocycles. The van der Waals surface area contributed by atoms with E-state index in [4.69, 9.17) is 23.2 Å². The first kappa shape index (κ1) is 18.1. The second-order valence-corrected chi connectivity index (χ2v) is 6.16. The highest BCUT2D eigenvalue weighted by Crippen LogP contribution is 2.24. The van der Waals surface area contributed by atoms with Crippen LogP contribution in [-0.2, 0) is 0 Å². The van der Waals surface area contributed by atoms with Crippen molar-refractivity contribution in [1.29, 1.82) is 0 Å². The summed E-state index contributed by atoms with van der Waals surface area (Å²) < 4.78 is 1.60. The first-order valence-corrected chi connectivity index (χ1v) is 7.83. The fraction of sp³-hybridized carbons (Fsp3) is 0.333. The van der Waals surface area contributed by atoms with Gasteiger partial charge in [0.05, 0.1) is 22.5 Å². The molecule has 0 aliphatic carbocycles. The molecule has 3 rings (SSSR count). The molecule has 1 aromatic heterocycles. The number of rotatable bonds is 2. The van der Waals surface area contributed by atoms with Crippen molar-refractivity contribution >= 4 is 41.5 Å². The van der Waals surface area contributed by atoms with Crippen LogP contribution in [0, 0.1) is 0 Å². The lowest BCUT2D eigenvalue weighted by molar-refractivity contribution is 0.0656. The van der Waals surface area contributed by atoms with Gasteiger partial charge in [-0.25, -0.2) is 4.68 Å². The van der Waals surface area contributed by atoms with Crippen LogP contribution in [0.25, 0.3) is 5.69 Å². The highest BCUT2D eigenvalue weighted by atomic mass is 35.5. The summed E-state index contributed by atoms with van der Waals surface area (Å²) in [5, 5.41) is 8.57. The Labute approximate surface area is 151 Å². The molecule has 1 aliphatic rings. The third-order valence-electron chi connectivity index (χ3n) is 3.75. The summed E-state index contributed by atoms with van der Waals surface area (Å²) in [5.74, 6) is -0.00895. The number of halogens is 3. The number of hydrogen-bond donors (Lipinski definition) is 1. The topological polar surface area (TPSA) is 50.2 Å². The molecule has 1 N–H and O–H groups in total. The Kier molecular flexibility index (Phi) is 5.92. The molecule has 8 heteroatoms. The molecule has 1 unspecified atom stereocenters. The Morgan fingerprint density at radius 2 is 2.17 bits per heavy atom. The van der Waals surface area contributed by atoms with E-state index in [-0.39, 0.29) is 24.4 Å². The van der Waals surface area contributed by atoms with Gasteiger partial charge in [0.2, 0.25) is 0 Å². The molecule has 0 bridgehead atoms. The van der Waals surface area contributed by atoms with Crippen LogP contribution < -0.4 is 5.32 Å². The molecule has 1 aliphatic heterocycles. The monoisotopic (exact) mass is 374 g/mol. The number of hydrogen-bond acceptors (Lipinski definition) is 3. The minimum absolute atomic E-state index is 0. The average Bonchev–Trinajstić information content (AvgIpc) is 2.96. The molecule has 1 aromatic carbocycles. The molecule has 5 nitrogen and oxygen atoms in total. The molecule has 2 heterocycles. The SMILES string of the molecule is CC1CNCCN1C(=O)c1cnn(-c2ccc(Cl)cc2Cl)c1.Cl. The molecule has 1 fully saturated rings. The quantitative estimate of drug-likeness (QED) is 0.878. The van der Waals surface area contributed by atoms with Gasteiger partial charge >= 0.3 is 0 Å². The van der Waals surface area contributed by atoms with Crippen LogP contribution in [0.3, 0.4) is 0 Å². The van der Waals surface area contributed by atoms with Gasteiger partial charge in [-0.15, -0.1) is 12.4 Å². The molecule has 0 radical (unpaired) electrons. The summed E-state index contributed by atoms with van der Waals surface area (Å²) in [6.45, 7) is 4.35. The number of benzene rings is 1. The number of nitrogens with one attached hydrogen (secondary N) is 1. The first-order chi connectivity index (χ1) is 10.6. The summed E-state index contributed by atoms with van der Waals surface area (Å²) in [7, 11) is 0. The fourth-order valence-corrected chi connectivity index (χ4v) is 3.04. The average molecular weight is 376 g/mol.